The third-order valence-corrected chi connectivity index (χ3v) is 7.06. The number of carbonyl (C=O) groups is 1. The van der Waals surface area contributed by atoms with Crippen LogP contribution in [0.25, 0.3) is 33.5 Å². The molecule has 2 aliphatic rings. The highest BCUT2D eigenvalue weighted by atomic mass is 16.5. The highest BCUT2D eigenvalue weighted by molar-refractivity contribution is 5.93. The summed E-state index contributed by atoms with van der Waals surface area (Å²) >= 11 is 0. The molecule has 1 atom stereocenters. The second kappa shape index (κ2) is 8.49. The van der Waals surface area contributed by atoms with E-state index in [2.05, 4.69) is 33.5 Å². The van der Waals surface area contributed by atoms with Crippen molar-refractivity contribution in [3.8, 4) is 28.3 Å². The average Bonchev–Trinajstić information content (AvgIpc) is 3.55. The second-order valence-corrected chi connectivity index (χ2v) is 9.52. The molecule has 9 heteroatoms. The summed E-state index contributed by atoms with van der Waals surface area (Å²) in [5, 5.41) is 21.6. The molecule has 1 amide bonds. The molecular weight excluding hydrogens is 444 g/mol. The van der Waals surface area contributed by atoms with Gasteiger partial charge in [0, 0.05) is 36.5 Å². The Morgan fingerprint density at radius 1 is 1.29 bits per heavy atom. The number of pyridine rings is 1. The minimum atomic E-state index is -0.626. The molecule has 1 aliphatic heterocycles. The van der Waals surface area contributed by atoms with E-state index < -0.39 is 6.10 Å². The Balaban J connectivity index is 1.31. The van der Waals surface area contributed by atoms with Crippen LogP contribution in [-0.4, -0.2) is 67.2 Å². The fourth-order valence-corrected chi connectivity index (χ4v) is 5.19. The maximum absolute atomic E-state index is 12.1. The number of methoxy groups -OCH3 is 1. The third-order valence-electron chi connectivity index (χ3n) is 7.06. The molecular formula is C26H28N6O3. The molecule has 0 unspecified atom stereocenters. The molecule has 4 aromatic rings. The standard InChI is InChI=1S/C26H28N6O3/c1-15(33)9-23(34)31-13-18(14-31)32-12-17(11-27-32)24-26-21(29-30-24)10-22(35-2)25(28-26)20-8-4-6-16-5-3-7-19(16)20/h4,6,8,10-12,15,18,33H,3,5,7,9,13-14H2,1-2H3,(H,29,30)/t15-/m1/s1. The van der Waals surface area contributed by atoms with Crippen LogP contribution >= 0.6 is 0 Å². The summed E-state index contributed by atoms with van der Waals surface area (Å²) < 4.78 is 7.60. The summed E-state index contributed by atoms with van der Waals surface area (Å²) in [7, 11) is 1.67. The number of carbonyl (C=O) groups excluding carboxylic acids is 1. The van der Waals surface area contributed by atoms with E-state index in [-0.39, 0.29) is 18.4 Å². The van der Waals surface area contributed by atoms with Gasteiger partial charge in [-0.15, -0.1) is 0 Å². The zero-order valence-electron chi connectivity index (χ0n) is 19.9. The number of H-pyrrole nitrogens is 1. The lowest BCUT2D eigenvalue weighted by atomic mass is 9.99. The average molecular weight is 473 g/mol. The molecule has 4 heterocycles. The molecule has 1 aromatic carbocycles. The Bertz CT molecular complexity index is 1420. The predicted octanol–water partition coefficient (Wildman–Crippen LogP) is 3.14. The van der Waals surface area contributed by atoms with Gasteiger partial charge in [-0.3, -0.25) is 14.6 Å². The highest BCUT2D eigenvalue weighted by Crippen LogP contribution is 2.39. The van der Waals surface area contributed by atoms with E-state index in [1.54, 1.807) is 25.1 Å². The minimum Gasteiger partial charge on any atom is -0.494 e. The number of hydrogen-bond acceptors (Lipinski definition) is 6. The first kappa shape index (κ1) is 21.8. The number of nitrogens with zero attached hydrogens (tertiary/aromatic N) is 5. The van der Waals surface area contributed by atoms with Gasteiger partial charge in [0.05, 0.1) is 37.4 Å². The zero-order valence-corrected chi connectivity index (χ0v) is 19.9. The van der Waals surface area contributed by atoms with Crippen molar-refractivity contribution in [3.05, 3.63) is 47.8 Å². The van der Waals surface area contributed by atoms with Crippen LogP contribution < -0.4 is 4.74 Å². The number of ether oxygens (including phenoxy) is 1. The number of aliphatic hydroxyl groups excluding tert-OH is 1. The number of fused-ring (bicyclic) bond motifs is 2. The molecule has 0 radical (unpaired) electrons. The van der Waals surface area contributed by atoms with Crippen molar-refractivity contribution in [3.63, 3.8) is 0 Å². The van der Waals surface area contributed by atoms with Crippen molar-refractivity contribution in [1.82, 2.24) is 29.9 Å². The maximum Gasteiger partial charge on any atom is 0.225 e. The van der Waals surface area contributed by atoms with Crippen LogP contribution in [0.1, 0.15) is 36.9 Å². The van der Waals surface area contributed by atoms with Crippen molar-refractivity contribution in [1.29, 1.82) is 0 Å². The van der Waals surface area contributed by atoms with E-state index in [9.17, 15) is 9.90 Å². The molecule has 0 saturated carbocycles. The van der Waals surface area contributed by atoms with Crippen LogP contribution in [0.2, 0.25) is 0 Å². The molecule has 35 heavy (non-hydrogen) atoms. The number of aryl methyl sites for hydroxylation is 1. The summed E-state index contributed by atoms with van der Waals surface area (Å²) in [5.74, 6) is 0.695. The van der Waals surface area contributed by atoms with Crippen LogP contribution in [0.3, 0.4) is 0 Å². The second-order valence-electron chi connectivity index (χ2n) is 9.52. The zero-order chi connectivity index (χ0) is 24.1. The van der Waals surface area contributed by atoms with Gasteiger partial charge < -0.3 is 14.7 Å². The van der Waals surface area contributed by atoms with Gasteiger partial charge in [-0.25, -0.2) is 4.98 Å². The Labute approximate surface area is 202 Å². The van der Waals surface area contributed by atoms with Crippen LogP contribution in [0, 0.1) is 0 Å². The first-order chi connectivity index (χ1) is 17.0. The third kappa shape index (κ3) is 3.76. The van der Waals surface area contributed by atoms with E-state index in [4.69, 9.17) is 9.72 Å². The first-order valence-corrected chi connectivity index (χ1v) is 12.1. The molecule has 1 aliphatic carbocycles. The number of rotatable bonds is 6. The van der Waals surface area contributed by atoms with E-state index >= 15 is 0 Å². The molecule has 0 bridgehead atoms. The monoisotopic (exact) mass is 472 g/mol. The Morgan fingerprint density at radius 3 is 2.94 bits per heavy atom. The summed E-state index contributed by atoms with van der Waals surface area (Å²) in [5.41, 5.74) is 7.89. The van der Waals surface area contributed by atoms with Crippen molar-refractivity contribution < 1.29 is 14.6 Å². The van der Waals surface area contributed by atoms with Gasteiger partial charge in [0.1, 0.15) is 22.7 Å². The van der Waals surface area contributed by atoms with Crippen LogP contribution in [0.5, 0.6) is 5.75 Å². The molecule has 180 valence electrons. The number of nitrogens with one attached hydrogen (secondary N) is 1. The smallest absolute Gasteiger partial charge is 0.225 e. The molecule has 9 nitrogen and oxygen atoms in total. The first-order valence-electron chi connectivity index (χ1n) is 12.1. The maximum atomic E-state index is 12.1. The van der Waals surface area contributed by atoms with E-state index in [0.29, 0.717) is 13.1 Å². The number of hydrogen-bond donors (Lipinski definition) is 2. The number of aromatic nitrogens is 5. The van der Waals surface area contributed by atoms with Crippen molar-refractivity contribution >= 4 is 16.9 Å². The van der Waals surface area contributed by atoms with Gasteiger partial charge in [0.15, 0.2) is 0 Å². The lowest BCUT2D eigenvalue weighted by Gasteiger charge is -2.39. The van der Waals surface area contributed by atoms with Crippen LogP contribution in [-0.2, 0) is 17.6 Å². The molecule has 0 spiro atoms. The molecule has 1 saturated heterocycles. The van der Waals surface area contributed by atoms with Gasteiger partial charge in [-0.2, -0.15) is 10.2 Å². The number of aliphatic hydroxyl groups is 1. The Hall–Kier alpha value is -3.72. The van der Waals surface area contributed by atoms with E-state index in [1.807, 2.05) is 16.9 Å². The topological polar surface area (TPSA) is 109 Å². The SMILES string of the molecule is COc1cc2[nH]nc(-c3cnn(C4CN(C(=O)C[C@@H](C)O)C4)c3)c2nc1-c1cccc2c1CCC2. The molecule has 6 rings (SSSR count). The largest absolute Gasteiger partial charge is 0.494 e. The lowest BCUT2D eigenvalue weighted by molar-refractivity contribution is -0.139. The number of amides is 1. The van der Waals surface area contributed by atoms with Gasteiger partial charge in [0.25, 0.3) is 0 Å². The summed E-state index contributed by atoms with van der Waals surface area (Å²) in [6, 6.07) is 8.50. The van der Waals surface area contributed by atoms with Gasteiger partial charge in [-0.1, -0.05) is 18.2 Å². The van der Waals surface area contributed by atoms with Crippen molar-refractivity contribution in [2.24, 2.45) is 0 Å². The van der Waals surface area contributed by atoms with Crippen molar-refractivity contribution in [2.75, 3.05) is 20.2 Å². The van der Waals surface area contributed by atoms with Crippen LogP contribution in [0.15, 0.2) is 36.7 Å². The predicted molar refractivity (Wildman–Crippen MR) is 131 cm³/mol. The summed E-state index contributed by atoms with van der Waals surface area (Å²) in [6.07, 6.45) is 6.60. The summed E-state index contributed by atoms with van der Waals surface area (Å²) in [4.78, 5) is 18.9. The van der Waals surface area contributed by atoms with E-state index in [1.165, 1.54) is 11.1 Å². The number of likely N-dealkylation sites (tertiary alicyclic amines) is 1. The Morgan fingerprint density at radius 2 is 2.14 bits per heavy atom. The molecule has 3 aromatic heterocycles. The van der Waals surface area contributed by atoms with Crippen LogP contribution in [0.4, 0.5) is 0 Å². The normalized spacial score (nSPS) is 16.4. The highest BCUT2D eigenvalue weighted by Gasteiger charge is 2.33. The van der Waals surface area contributed by atoms with Gasteiger partial charge in [0.2, 0.25) is 5.91 Å². The van der Waals surface area contributed by atoms with Gasteiger partial charge >= 0.3 is 0 Å². The molecule has 1 fully saturated rings. The fraction of sp³-hybridized carbons (Fsp3) is 0.385. The molecule has 2 N–H and O–H groups in total. The number of aromatic amines is 1. The van der Waals surface area contributed by atoms with Gasteiger partial charge in [-0.05, 0) is 37.3 Å². The number of benzene rings is 1. The summed E-state index contributed by atoms with van der Waals surface area (Å²) in [6.45, 7) is 2.81. The Kier molecular flexibility index (Phi) is 5.29. The lowest BCUT2D eigenvalue weighted by Crippen LogP contribution is -2.51. The van der Waals surface area contributed by atoms with Crippen molar-refractivity contribution in [2.45, 2.75) is 44.8 Å². The fourth-order valence-electron chi connectivity index (χ4n) is 5.19. The van der Waals surface area contributed by atoms with E-state index in [0.717, 1.165) is 58.6 Å². The quantitative estimate of drug-likeness (QED) is 0.446. The minimum absolute atomic E-state index is 0.0278.